The minimum Gasteiger partial charge on any atom is -0.487 e. The Hall–Kier alpha value is -3.35. The summed E-state index contributed by atoms with van der Waals surface area (Å²) in [5.74, 6) is 0.338. The summed E-state index contributed by atoms with van der Waals surface area (Å²) in [5, 5.41) is 3.14. The first-order valence-corrected chi connectivity index (χ1v) is 8.23. The highest BCUT2D eigenvalue weighted by atomic mass is 16.6. The zero-order chi connectivity index (χ0) is 18.1. The molecule has 1 atom stereocenters. The minimum absolute atomic E-state index is 0.326. The molecule has 0 spiro atoms. The number of carbonyl (C=O) groups excluding carboxylic acids is 2. The Bertz CT molecular complexity index is 981. The van der Waals surface area contributed by atoms with Crippen molar-refractivity contribution < 1.29 is 19.1 Å². The highest BCUT2D eigenvalue weighted by Gasteiger charge is 2.32. The summed E-state index contributed by atoms with van der Waals surface area (Å²) in [5.41, 5.74) is 2.77. The zero-order valence-electron chi connectivity index (χ0n) is 14.1. The smallest absolute Gasteiger partial charge is 0.414 e. The lowest BCUT2D eigenvalue weighted by atomic mass is 10.2. The first-order chi connectivity index (χ1) is 12.6. The van der Waals surface area contributed by atoms with Gasteiger partial charge in [-0.25, -0.2) is 4.79 Å². The van der Waals surface area contributed by atoms with Gasteiger partial charge in [0.1, 0.15) is 12.4 Å². The van der Waals surface area contributed by atoms with E-state index in [1.165, 1.54) is 0 Å². The van der Waals surface area contributed by atoms with Gasteiger partial charge in [-0.3, -0.25) is 15.1 Å². The van der Waals surface area contributed by atoms with Gasteiger partial charge in [0.15, 0.2) is 6.10 Å². The fraction of sp³-hybridized carbons (Fsp3) is 0.211. The van der Waals surface area contributed by atoms with Gasteiger partial charge in [0.05, 0.1) is 5.69 Å². The predicted octanol–water partition coefficient (Wildman–Crippen LogP) is 2.33. The molecule has 3 aromatic rings. The van der Waals surface area contributed by atoms with Crippen LogP contribution in [0.5, 0.6) is 5.75 Å². The number of amides is 2. The van der Waals surface area contributed by atoms with Gasteiger partial charge in [-0.15, -0.1) is 0 Å². The third-order valence-electron chi connectivity index (χ3n) is 4.39. The van der Waals surface area contributed by atoms with Crippen molar-refractivity contribution in [3.63, 3.8) is 0 Å². The largest absolute Gasteiger partial charge is 0.487 e. The number of imide groups is 1. The molecule has 0 saturated carbocycles. The van der Waals surface area contributed by atoms with Crippen LogP contribution < -0.4 is 10.1 Å². The minimum atomic E-state index is -0.787. The molecule has 2 aromatic heterocycles. The van der Waals surface area contributed by atoms with Crippen LogP contribution in [0.4, 0.5) is 4.79 Å². The average Bonchev–Trinajstić information content (AvgIpc) is 3.12. The number of hydrogen-bond acceptors (Lipinski definition) is 5. The molecule has 1 N–H and O–H groups in total. The van der Waals surface area contributed by atoms with Crippen molar-refractivity contribution in [2.75, 3.05) is 0 Å². The van der Waals surface area contributed by atoms with Crippen molar-refractivity contribution in [2.45, 2.75) is 19.1 Å². The number of aromatic nitrogens is 2. The number of pyridine rings is 1. The van der Waals surface area contributed by atoms with Gasteiger partial charge in [-0.05, 0) is 36.4 Å². The molecule has 1 saturated heterocycles. The Labute approximate surface area is 149 Å². The van der Waals surface area contributed by atoms with E-state index in [4.69, 9.17) is 9.47 Å². The molecule has 1 aliphatic rings. The fourth-order valence-corrected chi connectivity index (χ4v) is 3.03. The highest BCUT2D eigenvalue weighted by molar-refractivity contribution is 6.00. The summed E-state index contributed by atoms with van der Waals surface area (Å²) in [6, 6.07) is 13.5. The molecule has 7 heteroatoms. The molecule has 132 valence electrons. The lowest BCUT2D eigenvalue weighted by molar-refractivity contribution is -0.123. The Morgan fingerprint density at radius 2 is 2.12 bits per heavy atom. The second-order valence-corrected chi connectivity index (χ2v) is 6.11. The molecule has 26 heavy (non-hydrogen) atoms. The summed E-state index contributed by atoms with van der Waals surface area (Å²) >= 11 is 0. The van der Waals surface area contributed by atoms with Gasteiger partial charge in [-0.2, -0.15) is 0 Å². The van der Waals surface area contributed by atoms with Crippen molar-refractivity contribution in [3.8, 4) is 5.75 Å². The third-order valence-corrected chi connectivity index (χ3v) is 4.39. The van der Waals surface area contributed by atoms with E-state index in [0.29, 0.717) is 13.0 Å². The van der Waals surface area contributed by atoms with E-state index in [1.54, 1.807) is 6.20 Å². The fourth-order valence-electron chi connectivity index (χ4n) is 3.03. The van der Waals surface area contributed by atoms with Crippen molar-refractivity contribution in [2.24, 2.45) is 7.05 Å². The number of rotatable bonds is 5. The maximum atomic E-state index is 11.7. The van der Waals surface area contributed by atoms with Gasteiger partial charge >= 0.3 is 6.09 Å². The molecule has 2 amide bonds. The predicted molar refractivity (Wildman–Crippen MR) is 93.6 cm³/mol. The van der Waals surface area contributed by atoms with E-state index in [0.717, 1.165) is 28.0 Å². The second-order valence-electron chi connectivity index (χ2n) is 6.11. The maximum Gasteiger partial charge on any atom is 0.414 e. The summed E-state index contributed by atoms with van der Waals surface area (Å²) in [6.45, 7) is 0.393. The van der Waals surface area contributed by atoms with Gasteiger partial charge < -0.3 is 14.0 Å². The number of fused-ring (bicyclic) bond motifs is 1. The summed E-state index contributed by atoms with van der Waals surface area (Å²) in [4.78, 5) is 27.1. The molecule has 3 heterocycles. The maximum absolute atomic E-state index is 11.7. The van der Waals surface area contributed by atoms with Crippen LogP contribution in [0, 0.1) is 0 Å². The molecule has 1 aliphatic heterocycles. The summed E-state index contributed by atoms with van der Waals surface area (Å²) < 4.78 is 12.8. The topological polar surface area (TPSA) is 82.5 Å². The van der Waals surface area contributed by atoms with E-state index >= 15 is 0 Å². The first-order valence-electron chi connectivity index (χ1n) is 8.23. The van der Waals surface area contributed by atoms with Crippen molar-refractivity contribution in [1.82, 2.24) is 14.9 Å². The Morgan fingerprint density at radius 1 is 1.23 bits per heavy atom. The van der Waals surface area contributed by atoms with Crippen LogP contribution in [0.15, 0.2) is 48.7 Å². The number of nitrogens with zero attached hydrogens (tertiary/aromatic N) is 2. The molecule has 7 nitrogen and oxygen atoms in total. The molecule has 1 fully saturated rings. The third kappa shape index (κ3) is 3.11. The van der Waals surface area contributed by atoms with Crippen LogP contribution in [0.2, 0.25) is 0 Å². The molecule has 4 rings (SSSR count). The summed E-state index contributed by atoms with van der Waals surface area (Å²) in [7, 11) is 1.92. The van der Waals surface area contributed by atoms with E-state index in [2.05, 4.69) is 10.3 Å². The Balaban J connectivity index is 1.53. The number of hydrogen-bond donors (Lipinski definition) is 1. The van der Waals surface area contributed by atoms with Crippen LogP contribution in [-0.4, -0.2) is 27.7 Å². The number of cyclic esters (lactones) is 1. The molecule has 0 aliphatic carbocycles. The van der Waals surface area contributed by atoms with E-state index in [-0.39, 0.29) is 0 Å². The molecular formula is C19H17N3O4. The van der Waals surface area contributed by atoms with Crippen molar-refractivity contribution in [1.29, 1.82) is 0 Å². The Morgan fingerprint density at radius 3 is 2.85 bits per heavy atom. The number of benzene rings is 1. The Kier molecular flexibility index (Phi) is 4.04. The van der Waals surface area contributed by atoms with Crippen LogP contribution >= 0.6 is 0 Å². The summed E-state index contributed by atoms with van der Waals surface area (Å²) in [6.07, 6.45) is 0.582. The number of nitrogens with one attached hydrogen (secondary N) is 1. The molecule has 1 unspecified atom stereocenters. The zero-order valence-corrected chi connectivity index (χ0v) is 14.1. The number of ether oxygens (including phenoxy) is 2. The number of aryl methyl sites for hydroxylation is 1. The molecule has 0 radical (unpaired) electrons. The van der Waals surface area contributed by atoms with Crippen molar-refractivity contribution in [3.05, 3.63) is 60.0 Å². The van der Waals surface area contributed by atoms with Crippen LogP contribution in [0.1, 0.15) is 11.4 Å². The standard InChI is InChI=1S/C19H17N3O4/c1-22-14(10-17-18(23)21-19(24)26-17)8-12-9-15(5-6-16(12)22)25-11-13-4-2-3-7-20-13/h2-9,17H,10-11H2,1H3,(H,21,23,24). The number of carbonyl (C=O) groups is 2. The van der Waals surface area contributed by atoms with E-state index < -0.39 is 18.1 Å². The molecule has 1 aromatic carbocycles. The van der Waals surface area contributed by atoms with Crippen molar-refractivity contribution >= 4 is 22.9 Å². The van der Waals surface area contributed by atoms with Gasteiger partial charge in [0.25, 0.3) is 5.91 Å². The van der Waals surface area contributed by atoms with Gasteiger partial charge in [-0.1, -0.05) is 6.07 Å². The van der Waals surface area contributed by atoms with Gasteiger partial charge in [0.2, 0.25) is 0 Å². The normalized spacial score (nSPS) is 16.6. The van der Waals surface area contributed by atoms with Crippen LogP contribution in [0.3, 0.4) is 0 Å². The highest BCUT2D eigenvalue weighted by Crippen LogP contribution is 2.25. The van der Waals surface area contributed by atoms with E-state index in [9.17, 15) is 9.59 Å². The van der Waals surface area contributed by atoms with Crippen LogP contribution in [0.25, 0.3) is 10.9 Å². The lowest BCUT2D eigenvalue weighted by Crippen LogP contribution is -2.26. The quantitative estimate of drug-likeness (QED) is 0.763. The average molecular weight is 351 g/mol. The van der Waals surface area contributed by atoms with E-state index in [1.807, 2.05) is 54.1 Å². The van der Waals surface area contributed by atoms with Crippen LogP contribution in [-0.2, 0) is 29.6 Å². The molecular weight excluding hydrogens is 334 g/mol. The lowest BCUT2D eigenvalue weighted by Gasteiger charge is -2.08. The number of alkyl carbamates (subject to hydrolysis) is 1. The molecule has 0 bridgehead atoms. The van der Waals surface area contributed by atoms with Gasteiger partial charge in [0, 0.05) is 36.3 Å². The second kappa shape index (κ2) is 6.51. The monoisotopic (exact) mass is 351 g/mol. The first kappa shape index (κ1) is 16.1. The SMILES string of the molecule is Cn1c(CC2OC(=O)NC2=O)cc2cc(OCc3ccccn3)ccc21.